The molecule has 104 valence electrons. The van der Waals surface area contributed by atoms with E-state index in [0.29, 0.717) is 16.8 Å². The maximum atomic E-state index is 12.0. The topological polar surface area (TPSA) is 38.3 Å². The highest BCUT2D eigenvalue weighted by atomic mass is 35.5. The summed E-state index contributed by atoms with van der Waals surface area (Å²) in [4.78, 5) is 12.0. The van der Waals surface area contributed by atoms with Gasteiger partial charge < -0.3 is 10.1 Å². The summed E-state index contributed by atoms with van der Waals surface area (Å²) in [5.41, 5.74) is 0. The van der Waals surface area contributed by atoms with Crippen molar-refractivity contribution >= 4 is 17.5 Å². The van der Waals surface area contributed by atoms with E-state index < -0.39 is 6.10 Å². The van der Waals surface area contributed by atoms with Crippen LogP contribution < -0.4 is 10.1 Å². The molecule has 1 aromatic rings. The van der Waals surface area contributed by atoms with E-state index in [2.05, 4.69) is 5.32 Å². The Morgan fingerprint density at radius 2 is 1.89 bits per heavy atom. The van der Waals surface area contributed by atoms with Crippen LogP contribution in [0, 0.1) is 0 Å². The summed E-state index contributed by atoms with van der Waals surface area (Å²) in [6, 6.07) is 7.36. The summed E-state index contributed by atoms with van der Waals surface area (Å²) in [7, 11) is 0. The van der Waals surface area contributed by atoms with Crippen LogP contribution in [-0.2, 0) is 4.79 Å². The third-order valence-electron chi connectivity index (χ3n) is 3.45. The van der Waals surface area contributed by atoms with Gasteiger partial charge in [-0.3, -0.25) is 4.79 Å². The van der Waals surface area contributed by atoms with Crippen molar-refractivity contribution in [3.8, 4) is 5.75 Å². The minimum atomic E-state index is -0.483. The molecular formula is C15H20ClNO2. The molecule has 1 aliphatic carbocycles. The molecule has 4 heteroatoms. The van der Waals surface area contributed by atoms with E-state index in [9.17, 15) is 4.79 Å². The molecule has 0 radical (unpaired) electrons. The molecule has 0 aromatic heterocycles. The van der Waals surface area contributed by atoms with E-state index in [1.165, 1.54) is 19.3 Å². The van der Waals surface area contributed by atoms with Crippen molar-refractivity contribution in [1.29, 1.82) is 0 Å². The van der Waals surface area contributed by atoms with Crippen LogP contribution >= 0.6 is 11.6 Å². The van der Waals surface area contributed by atoms with E-state index in [0.717, 1.165) is 12.8 Å². The number of carbonyl (C=O) groups is 1. The normalized spacial score (nSPS) is 17.8. The first-order valence-electron chi connectivity index (χ1n) is 6.88. The quantitative estimate of drug-likeness (QED) is 0.916. The molecule has 0 spiro atoms. The highest BCUT2D eigenvalue weighted by Gasteiger charge is 2.20. The Morgan fingerprint density at radius 3 is 2.53 bits per heavy atom. The summed E-state index contributed by atoms with van der Waals surface area (Å²) in [6.45, 7) is 1.77. The van der Waals surface area contributed by atoms with Crippen LogP contribution in [0.1, 0.15) is 39.0 Å². The molecule has 3 nitrogen and oxygen atoms in total. The Hall–Kier alpha value is -1.22. The maximum Gasteiger partial charge on any atom is 0.260 e. The Kier molecular flexibility index (Phi) is 5.08. The highest BCUT2D eigenvalue weighted by Crippen LogP contribution is 2.19. The first kappa shape index (κ1) is 14.2. The van der Waals surface area contributed by atoms with Crippen molar-refractivity contribution in [2.24, 2.45) is 0 Å². The Balaban J connectivity index is 1.83. The molecule has 2 rings (SSSR count). The van der Waals surface area contributed by atoms with Crippen molar-refractivity contribution in [3.63, 3.8) is 0 Å². The van der Waals surface area contributed by atoms with E-state index in [1.807, 2.05) is 0 Å². The maximum absolute atomic E-state index is 12.0. The fraction of sp³-hybridized carbons (Fsp3) is 0.533. The van der Waals surface area contributed by atoms with Crippen molar-refractivity contribution in [2.45, 2.75) is 51.2 Å². The molecule has 1 saturated carbocycles. The zero-order valence-corrected chi connectivity index (χ0v) is 12.0. The number of hydrogen-bond donors (Lipinski definition) is 1. The second-order valence-electron chi connectivity index (χ2n) is 5.06. The number of halogens is 1. The number of ether oxygens (including phenoxy) is 1. The Bertz CT molecular complexity index is 413. The highest BCUT2D eigenvalue weighted by molar-refractivity contribution is 6.30. The van der Waals surface area contributed by atoms with Crippen molar-refractivity contribution in [2.75, 3.05) is 0 Å². The zero-order chi connectivity index (χ0) is 13.7. The van der Waals surface area contributed by atoms with Crippen LogP contribution in [0.2, 0.25) is 5.02 Å². The van der Waals surface area contributed by atoms with Crippen LogP contribution in [0.4, 0.5) is 0 Å². The van der Waals surface area contributed by atoms with Gasteiger partial charge in [0, 0.05) is 11.1 Å². The number of nitrogens with one attached hydrogen (secondary N) is 1. The number of rotatable bonds is 4. The van der Waals surface area contributed by atoms with Gasteiger partial charge >= 0.3 is 0 Å². The largest absolute Gasteiger partial charge is 0.481 e. The fourth-order valence-electron chi connectivity index (χ4n) is 2.34. The molecule has 1 atom stereocenters. The number of amides is 1. The molecular weight excluding hydrogens is 262 g/mol. The van der Waals surface area contributed by atoms with E-state index >= 15 is 0 Å². The summed E-state index contributed by atoms with van der Waals surface area (Å²) < 4.78 is 5.60. The summed E-state index contributed by atoms with van der Waals surface area (Å²) in [5.74, 6) is 0.623. The molecule has 0 aliphatic heterocycles. The lowest BCUT2D eigenvalue weighted by molar-refractivity contribution is -0.128. The molecule has 1 aliphatic rings. The lowest BCUT2D eigenvalue weighted by atomic mass is 9.95. The number of hydrogen-bond acceptors (Lipinski definition) is 2. The molecule has 0 saturated heterocycles. The van der Waals surface area contributed by atoms with Crippen LogP contribution in [0.3, 0.4) is 0 Å². The van der Waals surface area contributed by atoms with Gasteiger partial charge in [0.15, 0.2) is 6.10 Å². The van der Waals surface area contributed by atoms with Crippen LogP contribution in [0.5, 0.6) is 5.75 Å². The van der Waals surface area contributed by atoms with Gasteiger partial charge in [-0.1, -0.05) is 30.9 Å². The van der Waals surface area contributed by atoms with Crippen molar-refractivity contribution < 1.29 is 9.53 Å². The van der Waals surface area contributed by atoms with E-state index in [-0.39, 0.29) is 5.91 Å². The average Bonchev–Trinajstić information content (AvgIpc) is 2.42. The van der Waals surface area contributed by atoms with Gasteiger partial charge in [0.05, 0.1) is 0 Å². The third-order valence-corrected chi connectivity index (χ3v) is 3.70. The molecule has 1 aromatic carbocycles. The van der Waals surface area contributed by atoms with Crippen molar-refractivity contribution in [1.82, 2.24) is 5.32 Å². The third kappa shape index (κ3) is 4.43. The van der Waals surface area contributed by atoms with Gasteiger partial charge in [0.25, 0.3) is 5.91 Å². The molecule has 1 unspecified atom stereocenters. The van der Waals surface area contributed by atoms with Crippen LogP contribution in [0.25, 0.3) is 0 Å². The lowest BCUT2D eigenvalue weighted by Crippen LogP contribution is -2.43. The summed E-state index contributed by atoms with van der Waals surface area (Å²) >= 11 is 5.80. The van der Waals surface area contributed by atoms with Gasteiger partial charge in [-0.05, 0) is 44.0 Å². The monoisotopic (exact) mass is 281 g/mol. The molecule has 1 amide bonds. The standard InChI is InChI=1S/C15H20ClNO2/c1-11(19-14-9-7-12(16)8-10-14)15(18)17-13-5-3-2-4-6-13/h7-11,13H,2-6H2,1H3,(H,17,18). The molecule has 0 bridgehead atoms. The van der Waals surface area contributed by atoms with Crippen LogP contribution in [0.15, 0.2) is 24.3 Å². The second-order valence-corrected chi connectivity index (χ2v) is 5.49. The van der Waals surface area contributed by atoms with Crippen LogP contribution in [-0.4, -0.2) is 18.1 Å². The van der Waals surface area contributed by atoms with E-state index in [4.69, 9.17) is 16.3 Å². The van der Waals surface area contributed by atoms with Gasteiger partial charge in [0.1, 0.15) is 5.75 Å². The average molecular weight is 282 g/mol. The molecule has 1 fully saturated rings. The van der Waals surface area contributed by atoms with Gasteiger partial charge in [-0.25, -0.2) is 0 Å². The predicted octanol–water partition coefficient (Wildman–Crippen LogP) is 3.56. The minimum absolute atomic E-state index is 0.0400. The lowest BCUT2D eigenvalue weighted by Gasteiger charge is -2.24. The van der Waals surface area contributed by atoms with E-state index in [1.54, 1.807) is 31.2 Å². The summed E-state index contributed by atoms with van der Waals surface area (Å²) in [6.07, 6.45) is 5.37. The Labute approximate surface area is 119 Å². The molecule has 19 heavy (non-hydrogen) atoms. The number of carbonyl (C=O) groups excluding carboxylic acids is 1. The van der Waals surface area contributed by atoms with Crippen molar-refractivity contribution in [3.05, 3.63) is 29.3 Å². The Morgan fingerprint density at radius 1 is 1.26 bits per heavy atom. The molecule has 0 heterocycles. The summed E-state index contributed by atoms with van der Waals surface area (Å²) in [5, 5.41) is 3.72. The van der Waals surface area contributed by atoms with Gasteiger partial charge in [-0.2, -0.15) is 0 Å². The van der Waals surface area contributed by atoms with Gasteiger partial charge in [-0.15, -0.1) is 0 Å². The number of benzene rings is 1. The predicted molar refractivity (Wildman–Crippen MR) is 76.6 cm³/mol. The first-order valence-corrected chi connectivity index (χ1v) is 7.25. The van der Waals surface area contributed by atoms with Gasteiger partial charge in [0.2, 0.25) is 0 Å². The second kappa shape index (κ2) is 6.80. The zero-order valence-electron chi connectivity index (χ0n) is 11.2. The SMILES string of the molecule is CC(Oc1ccc(Cl)cc1)C(=O)NC1CCCCC1. The smallest absolute Gasteiger partial charge is 0.260 e. The fourth-order valence-corrected chi connectivity index (χ4v) is 2.46. The molecule has 1 N–H and O–H groups in total. The minimum Gasteiger partial charge on any atom is -0.481 e. The first-order chi connectivity index (χ1) is 9.15.